The summed E-state index contributed by atoms with van der Waals surface area (Å²) in [7, 11) is 0. The van der Waals surface area contributed by atoms with Crippen LogP contribution >= 0.6 is 0 Å². The molecule has 0 aromatic heterocycles. The third-order valence-electron chi connectivity index (χ3n) is 2.29. The Hall–Kier alpha value is -1.55. The van der Waals surface area contributed by atoms with E-state index in [-0.39, 0.29) is 12.7 Å². The van der Waals surface area contributed by atoms with Crippen LogP contribution in [0.15, 0.2) is 18.2 Å². The number of hydrogen-bond donors (Lipinski definition) is 2. The van der Waals surface area contributed by atoms with Crippen LogP contribution in [0.1, 0.15) is 15.9 Å². The first-order chi connectivity index (χ1) is 6.70. The molecule has 1 heterocycles. The minimum absolute atomic E-state index is 0.0133. The Bertz CT molecular complexity index is 376. The Balaban J connectivity index is 2.31. The van der Waals surface area contributed by atoms with E-state index in [0.717, 1.165) is 11.3 Å². The van der Waals surface area contributed by atoms with E-state index in [1.807, 2.05) is 0 Å². The molecule has 1 unspecified atom stereocenters. The van der Waals surface area contributed by atoms with Gasteiger partial charge in [-0.3, -0.25) is 4.79 Å². The standard InChI is InChI=1S/C10H11NO3/c11-10(13)6-1-2-9-7(3-6)4-8(5-12)14-9/h1-3,8,12H,4-5H2,(H2,11,13). The van der Waals surface area contributed by atoms with E-state index in [2.05, 4.69) is 0 Å². The number of carbonyl (C=O) groups excluding carboxylic acids is 1. The molecular formula is C10H11NO3. The maximum atomic E-state index is 10.9. The van der Waals surface area contributed by atoms with E-state index in [1.165, 1.54) is 0 Å². The number of carbonyl (C=O) groups is 1. The maximum absolute atomic E-state index is 10.9. The van der Waals surface area contributed by atoms with Crippen LogP contribution in [0, 0.1) is 0 Å². The molecule has 3 N–H and O–H groups in total. The van der Waals surface area contributed by atoms with E-state index < -0.39 is 5.91 Å². The van der Waals surface area contributed by atoms with Gasteiger partial charge in [0.2, 0.25) is 5.91 Å². The van der Waals surface area contributed by atoms with Crippen molar-refractivity contribution in [2.45, 2.75) is 12.5 Å². The Morgan fingerprint density at radius 3 is 3.07 bits per heavy atom. The Morgan fingerprint density at radius 1 is 1.64 bits per heavy atom. The molecule has 0 saturated heterocycles. The minimum Gasteiger partial charge on any atom is -0.487 e. The second-order valence-electron chi connectivity index (χ2n) is 3.31. The second kappa shape index (κ2) is 3.31. The van der Waals surface area contributed by atoms with Crippen molar-refractivity contribution in [3.63, 3.8) is 0 Å². The summed E-state index contributed by atoms with van der Waals surface area (Å²) in [5, 5.41) is 8.90. The Morgan fingerprint density at radius 2 is 2.43 bits per heavy atom. The van der Waals surface area contributed by atoms with E-state index >= 15 is 0 Å². The predicted octanol–water partition coefficient (Wildman–Crippen LogP) is 0.0813. The van der Waals surface area contributed by atoms with E-state index in [4.69, 9.17) is 15.6 Å². The summed E-state index contributed by atoms with van der Waals surface area (Å²) in [6.07, 6.45) is 0.445. The summed E-state index contributed by atoms with van der Waals surface area (Å²) in [6.45, 7) is -0.0133. The third kappa shape index (κ3) is 1.44. The zero-order valence-electron chi connectivity index (χ0n) is 7.56. The Kier molecular flexibility index (Phi) is 2.13. The van der Waals surface area contributed by atoms with Gasteiger partial charge in [0, 0.05) is 12.0 Å². The monoisotopic (exact) mass is 193 g/mol. The van der Waals surface area contributed by atoms with Crippen molar-refractivity contribution >= 4 is 5.91 Å². The van der Waals surface area contributed by atoms with Gasteiger partial charge >= 0.3 is 0 Å². The quantitative estimate of drug-likeness (QED) is 0.698. The van der Waals surface area contributed by atoms with Crippen LogP contribution < -0.4 is 10.5 Å². The van der Waals surface area contributed by atoms with Crippen LogP contribution in [0.3, 0.4) is 0 Å². The molecule has 1 aliphatic heterocycles. The van der Waals surface area contributed by atoms with Crippen LogP contribution in [-0.2, 0) is 6.42 Å². The number of nitrogens with two attached hydrogens (primary N) is 1. The lowest BCUT2D eigenvalue weighted by Gasteiger charge is -2.04. The fourth-order valence-corrected chi connectivity index (χ4v) is 1.58. The summed E-state index contributed by atoms with van der Waals surface area (Å²) in [6, 6.07) is 5.05. The first-order valence-electron chi connectivity index (χ1n) is 4.41. The minimum atomic E-state index is -0.444. The Labute approximate surface area is 81.3 Å². The summed E-state index contributed by atoms with van der Waals surface area (Å²) in [4.78, 5) is 10.9. The molecule has 1 aliphatic rings. The molecule has 14 heavy (non-hydrogen) atoms. The SMILES string of the molecule is NC(=O)c1ccc2c(c1)CC(CO)O2. The number of aliphatic hydroxyl groups is 1. The highest BCUT2D eigenvalue weighted by molar-refractivity contribution is 5.93. The molecule has 1 aromatic carbocycles. The summed E-state index contributed by atoms with van der Waals surface area (Å²) in [5.41, 5.74) is 6.55. The van der Waals surface area contributed by atoms with E-state index in [0.29, 0.717) is 12.0 Å². The van der Waals surface area contributed by atoms with Gasteiger partial charge in [-0.05, 0) is 23.8 Å². The first-order valence-corrected chi connectivity index (χ1v) is 4.41. The van der Waals surface area contributed by atoms with Gasteiger partial charge in [0.05, 0.1) is 6.61 Å². The average Bonchev–Trinajstić information content (AvgIpc) is 2.58. The molecule has 1 aromatic rings. The molecular weight excluding hydrogens is 182 g/mol. The van der Waals surface area contributed by atoms with Gasteiger partial charge in [-0.2, -0.15) is 0 Å². The van der Waals surface area contributed by atoms with Crippen molar-refractivity contribution in [1.29, 1.82) is 0 Å². The highest BCUT2D eigenvalue weighted by Gasteiger charge is 2.22. The van der Waals surface area contributed by atoms with Crippen LogP contribution in [0.5, 0.6) is 5.75 Å². The molecule has 0 fully saturated rings. The molecule has 0 aliphatic carbocycles. The fourth-order valence-electron chi connectivity index (χ4n) is 1.58. The number of rotatable bonds is 2. The third-order valence-corrected chi connectivity index (χ3v) is 2.29. The molecule has 0 bridgehead atoms. The second-order valence-corrected chi connectivity index (χ2v) is 3.31. The fraction of sp³-hybridized carbons (Fsp3) is 0.300. The molecule has 4 nitrogen and oxygen atoms in total. The zero-order chi connectivity index (χ0) is 10.1. The molecule has 1 amide bonds. The number of ether oxygens (including phenoxy) is 1. The highest BCUT2D eigenvalue weighted by atomic mass is 16.5. The zero-order valence-corrected chi connectivity index (χ0v) is 7.56. The van der Waals surface area contributed by atoms with Gasteiger partial charge < -0.3 is 15.6 Å². The normalized spacial score (nSPS) is 18.8. The summed E-state index contributed by atoms with van der Waals surface area (Å²) < 4.78 is 5.39. The number of fused-ring (bicyclic) bond motifs is 1. The molecule has 1 atom stereocenters. The number of amides is 1. The topological polar surface area (TPSA) is 72.6 Å². The molecule has 4 heteroatoms. The summed E-state index contributed by atoms with van der Waals surface area (Å²) in [5.74, 6) is 0.286. The van der Waals surface area contributed by atoms with Crippen LogP contribution in [0.2, 0.25) is 0 Å². The lowest BCUT2D eigenvalue weighted by Crippen LogP contribution is -2.17. The maximum Gasteiger partial charge on any atom is 0.248 e. The van der Waals surface area contributed by atoms with Crippen LogP contribution in [-0.4, -0.2) is 23.7 Å². The molecule has 74 valence electrons. The molecule has 2 rings (SSSR count). The van der Waals surface area contributed by atoms with Gasteiger partial charge in [0.25, 0.3) is 0 Å². The largest absolute Gasteiger partial charge is 0.487 e. The number of primary amides is 1. The van der Waals surface area contributed by atoms with Gasteiger partial charge in [0.1, 0.15) is 11.9 Å². The number of hydrogen-bond acceptors (Lipinski definition) is 3. The summed E-state index contributed by atoms with van der Waals surface area (Å²) >= 11 is 0. The number of aliphatic hydroxyl groups excluding tert-OH is 1. The van der Waals surface area contributed by atoms with Crippen molar-refractivity contribution < 1.29 is 14.6 Å². The van der Waals surface area contributed by atoms with Crippen molar-refractivity contribution in [2.75, 3.05) is 6.61 Å². The van der Waals surface area contributed by atoms with Crippen LogP contribution in [0.4, 0.5) is 0 Å². The van der Waals surface area contributed by atoms with Gasteiger partial charge in [-0.25, -0.2) is 0 Å². The lowest BCUT2D eigenvalue weighted by molar-refractivity contribution is 0.1000. The first kappa shape index (κ1) is 9.02. The lowest BCUT2D eigenvalue weighted by atomic mass is 10.1. The van der Waals surface area contributed by atoms with E-state index in [9.17, 15) is 4.79 Å². The molecule has 0 radical (unpaired) electrons. The van der Waals surface area contributed by atoms with Crippen molar-refractivity contribution in [2.24, 2.45) is 5.73 Å². The van der Waals surface area contributed by atoms with Gasteiger partial charge in [-0.15, -0.1) is 0 Å². The van der Waals surface area contributed by atoms with Crippen molar-refractivity contribution in [1.82, 2.24) is 0 Å². The van der Waals surface area contributed by atoms with Gasteiger partial charge in [-0.1, -0.05) is 0 Å². The smallest absolute Gasteiger partial charge is 0.248 e. The molecule has 0 spiro atoms. The van der Waals surface area contributed by atoms with Crippen LogP contribution in [0.25, 0.3) is 0 Å². The van der Waals surface area contributed by atoms with Gasteiger partial charge in [0.15, 0.2) is 0 Å². The number of benzene rings is 1. The van der Waals surface area contributed by atoms with E-state index in [1.54, 1.807) is 18.2 Å². The van der Waals surface area contributed by atoms with Crippen molar-refractivity contribution in [3.8, 4) is 5.75 Å². The van der Waals surface area contributed by atoms with Crippen molar-refractivity contribution in [3.05, 3.63) is 29.3 Å². The average molecular weight is 193 g/mol. The highest BCUT2D eigenvalue weighted by Crippen LogP contribution is 2.29. The predicted molar refractivity (Wildman–Crippen MR) is 50.2 cm³/mol. The molecule has 0 saturated carbocycles.